The van der Waals surface area contributed by atoms with E-state index in [1.165, 1.54) is 5.56 Å². The number of fused-ring (bicyclic) bond motifs is 1. The van der Waals surface area contributed by atoms with Crippen LogP contribution in [0.15, 0.2) is 53.3 Å². The summed E-state index contributed by atoms with van der Waals surface area (Å²) in [5, 5.41) is 8.25. The molecule has 106 valence electrons. The Morgan fingerprint density at radius 3 is 2.62 bits per heavy atom. The number of aromatic nitrogens is 2. The van der Waals surface area contributed by atoms with Crippen LogP contribution in [0.2, 0.25) is 0 Å². The van der Waals surface area contributed by atoms with E-state index in [1.807, 2.05) is 30.3 Å². The van der Waals surface area contributed by atoms with Gasteiger partial charge in [-0.2, -0.15) is 5.10 Å². The standard InChI is InChI=1S/C17H17N3O/c18-13-9-10-14-15(11-13)17(21)20-19-16(14)8-4-7-12-5-2-1-3-6-12/h1-3,5-6,9-11H,4,7-8,18H2,(H,20,21). The lowest BCUT2D eigenvalue weighted by molar-refractivity contribution is 0.783. The van der Waals surface area contributed by atoms with Gasteiger partial charge in [-0.15, -0.1) is 0 Å². The molecule has 0 saturated carbocycles. The topological polar surface area (TPSA) is 71.8 Å². The van der Waals surface area contributed by atoms with Crippen LogP contribution in [0.1, 0.15) is 17.7 Å². The van der Waals surface area contributed by atoms with E-state index in [1.54, 1.807) is 6.07 Å². The van der Waals surface area contributed by atoms with Gasteiger partial charge in [0.25, 0.3) is 5.56 Å². The van der Waals surface area contributed by atoms with Gasteiger partial charge in [-0.25, -0.2) is 5.10 Å². The minimum atomic E-state index is -0.191. The molecule has 0 aliphatic carbocycles. The highest BCUT2D eigenvalue weighted by molar-refractivity contribution is 5.86. The van der Waals surface area contributed by atoms with Crippen molar-refractivity contribution < 1.29 is 0 Å². The second kappa shape index (κ2) is 5.79. The Morgan fingerprint density at radius 1 is 1.00 bits per heavy atom. The van der Waals surface area contributed by atoms with E-state index < -0.39 is 0 Å². The Hall–Kier alpha value is -2.62. The van der Waals surface area contributed by atoms with Gasteiger partial charge in [-0.3, -0.25) is 4.79 Å². The van der Waals surface area contributed by atoms with Crippen molar-refractivity contribution in [1.82, 2.24) is 10.2 Å². The molecule has 0 aliphatic heterocycles. The number of H-pyrrole nitrogens is 1. The fourth-order valence-electron chi connectivity index (χ4n) is 2.54. The van der Waals surface area contributed by atoms with Crippen molar-refractivity contribution in [3.05, 3.63) is 70.1 Å². The average molecular weight is 279 g/mol. The number of rotatable bonds is 4. The smallest absolute Gasteiger partial charge is 0.272 e. The minimum Gasteiger partial charge on any atom is -0.399 e. The Kier molecular flexibility index (Phi) is 3.69. The number of nitrogens with one attached hydrogen (secondary N) is 1. The van der Waals surface area contributed by atoms with E-state index in [0.717, 1.165) is 30.3 Å². The molecular weight excluding hydrogens is 262 g/mol. The van der Waals surface area contributed by atoms with Gasteiger partial charge in [0.2, 0.25) is 0 Å². The zero-order chi connectivity index (χ0) is 14.7. The largest absolute Gasteiger partial charge is 0.399 e. The van der Waals surface area contributed by atoms with E-state index in [-0.39, 0.29) is 5.56 Å². The summed E-state index contributed by atoms with van der Waals surface area (Å²) in [7, 11) is 0. The van der Waals surface area contributed by atoms with Crippen LogP contribution in [0.25, 0.3) is 10.8 Å². The first-order valence-electron chi connectivity index (χ1n) is 7.05. The number of nitrogen functional groups attached to an aromatic ring is 1. The number of aromatic amines is 1. The molecule has 3 rings (SSSR count). The van der Waals surface area contributed by atoms with Crippen LogP contribution in [-0.4, -0.2) is 10.2 Å². The lowest BCUT2D eigenvalue weighted by Crippen LogP contribution is -2.11. The van der Waals surface area contributed by atoms with Crippen molar-refractivity contribution >= 4 is 16.5 Å². The van der Waals surface area contributed by atoms with Crippen molar-refractivity contribution in [2.24, 2.45) is 0 Å². The van der Waals surface area contributed by atoms with Gasteiger partial charge in [-0.1, -0.05) is 36.4 Å². The maximum absolute atomic E-state index is 11.8. The zero-order valence-electron chi connectivity index (χ0n) is 11.7. The van der Waals surface area contributed by atoms with Crippen LogP contribution >= 0.6 is 0 Å². The summed E-state index contributed by atoms with van der Waals surface area (Å²) >= 11 is 0. The molecule has 4 heteroatoms. The molecule has 0 radical (unpaired) electrons. The number of nitrogens with two attached hydrogens (primary N) is 1. The summed E-state index contributed by atoms with van der Waals surface area (Å²) in [6.07, 6.45) is 2.81. The third-order valence-corrected chi connectivity index (χ3v) is 3.61. The fourth-order valence-corrected chi connectivity index (χ4v) is 2.54. The van der Waals surface area contributed by atoms with E-state index in [2.05, 4.69) is 22.3 Å². The summed E-state index contributed by atoms with van der Waals surface area (Å²) in [6, 6.07) is 15.8. The molecule has 0 amide bonds. The highest BCUT2D eigenvalue weighted by Crippen LogP contribution is 2.18. The second-order valence-electron chi connectivity index (χ2n) is 5.14. The third-order valence-electron chi connectivity index (χ3n) is 3.61. The monoisotopic (exact) mass is 279 g/mol. The van der Waals surface area contributed by atoms with Crippen LogP contribution in [-0.2, 0) is 12.8 Å². The first kappa shape index (κ1) is 13.4. The SMILES string of the molecule is Nc1ccc2c(CCCc3ccccc3)n[nH]c(=O)c2c1. The average Bonchev–Trinajstić information content (AvgIpc) is 2.51. The molecule has 3 aromatic rings. The molecule has 0 unspecified atom stereocenters. The van der Waals surface area contributed by atoms with Crippen LogP contribution < -0.4 is 11.3 Å². The first-order valence-corrected chi connectivity index (χ1v) is 7.05. The van der Waals surface area contributed by atoms with Gasteiger partial charge in [0.05, 0.1) is 11.1 Å². The number of anilines is 1. The molecule has 0 atom stereocenters. The molecule has 1 heterocycles. The van der Waals surface area contributed by atoms with Gasteiger partial charge in [0.15, 0.2) is 0 Å². The molecule has 0 spiro atoms. The lowest BCUT2D eigenvalue weighted by Gasteiger charge is -2.06. The number of hydrogen-bond donors (Lipinski definition) is 2. The van der Waals surface area contributed by atoms with Crippen molar-refractivity contribution in [3.63, 3.8) is 0 Å². The van der Waals surface area contributed by atoms with Crippen LogP contribution in [0.3, 0.4) is 0 Å². The Bertz CT molecular complexity index is 809. The second-order valence-corrected chi connectivity index (χ2v) is 5.14. The van der Waals surface area contributed by atoms with E-state index in [0.29, 0.717) is 11.1 Å². The van der Waals surface area contributed by atoms with Gasteiger partial charge < -0.3 is 5.73 Å². The Balaban J connectivity index is 1.81. The molecule has 0 aliphatic rings. The van der Waals surface area contributed by atoms with Crippen LogP contribution in [0, 0.1) is 0 Å². The maximum Gasteiger partial charge on any atom is 0.272 e. The van der Waals surface area contributed by atoms with E-state index in [4.69, 9.17) is 5.73 Å². The van der Waals surface area contributed by atoms with Crippen molar-refractivity contribution in [2.75, 3.05) is 5.73 Å². The highest BCUT2D eigenvalue weighted by atomic mass is 16.1. The Labute approximate surface area is 122 Å². The number of benzene rings is 2. The molecule has 0 saturated heterocycles. The molecule has 21 heavy (non-hydrogen) atoms. The van der Waals surface area contributed by atoms with Gasteiger partial charge >= 0.3 is 0 Å². The zero-order valence-corrected chi connectivity index (χ0v) is 11.7. The number of hydrogen-bond acceptors (Lipinski definition) is 3. The van der Waals surface area contributed by atoms with E-state index in [9.17, 15) is 4.79 Å². The van der Waals surface area contributed by atoms with Crippen LogP contribution in [0.5, 0.6) is 0 Å². The van der Waals surface area contributed by atoms with Gasteiger partial charge in [0.1, 0.15) is 0 Å². The van der Waals surface area contributed by atoms with Gasteiger partial charge in [-0.05, 0) is 37.0 Å². The highest BCUT2D eigenvalue weighted by Gasteiger charge is 2.06. The quantitative estimate of drug-likeness (QED) is 0.721. The first-order chi connectivity index (χ1) is 10.2. The van der Waals surface area contributed by atoms with E-state index >= 15 is 0 Å². The molecule has 2 aromatic carbocycles. The molecule has 3 N–H and O–H groups in total. The van der Waals surface area contributed by atoms with Crippen LogP contribution in [0.4, 0.5) is 5.69 Å². The van der Waals surface area contributed by atoms with Crippen molar-refractivity contribution in [3.8, 4) is 0 Å². The minimum absolute atomic E-state index is 0.191. The molecule has 1 aromatic heterocycles. The van der Waals surface area contributed by atoms with Crippen molar-refractivity contribution in [1.29, 1.82) is 0 Å². The summed E-state index contributed by atoms with van der Waals surface area (Å²) in [4.78, 5) is 11.8. The summed E-state index contributed by atoms with van der Waals surface area (Å²) in [6.45, 7) is 0. The Morgan fingerprint density at radius 2 is 1.81 bits per heavy atom. The molecule has 0 bridgehead atoms. The number of nitrogens with zero attached hydrogens (tertiary/aromatic N) is 1. The summed E-state index contributed by atoms with van der Waals surface area (Å²) in [5.74, 6) is 0. The van der Waals surface area contributed by atoms with Crippen molar-refractivity contribution in [2.45, 2.75) is 19.3 Å². The summed E-state index contributed by atoms with van der Waals surface area (Å²) in [5.41, 5.74) is 8.38. The summed E-state index contributed by atoms with van der Waals surface area (Å²) < 4.78 is 0. The normalized spacial score (nSPS) is 10.9. The molecule has 4 nitrogen and oxygen atoms in total. The maximum atomic E-state index is 11.8. The third kappa shape index (κ3) is 2.94. The fraction of sp³-hybridized carbons (Fsp3) is 0.176. The predicted molar refractivity (Wildman–Crippen MR) is 85.2 cm³/mol. The van der Waals surface area contributed by atoms with Gasteiger partial charge in [0, 0.05) is 11.1 Å². The molecule has 0 fully saturated rings. The number of aryl methyl sites for hydroxylation is 2. The molecular formula is C17H17N3O. The lowest BCUT2D eigenvalue weighted by atomic mass is 10.0. The predicted octanol–water partition coefficient (Wildman–Crippen LogP) is 2.68.